The van der Waals surface area contributed by atoms with Gasteiger partial charge in [-0.25, -0.2) is 0 Å². The summed E-state index contributed by atoms with van der Waals surface area (Å²) in [4.78, 5) is 1.72. The number of azo groups is 1. The van der Waals surface area contributed by atoms with E-state index in [0.29, 0.717) is 35.5 Å². The van der Waals surface area contributed by atoms with E-state index in [2.05, 4.69) is 41.5 Å². The Morgan fingerprint density at radius 2 is 1.00 bits per heavy atom. The van der Waals surface area contributed by atoms with Crippen molar-refractivity contribution >= 4 is 0 Å². The highest BCUT2D eigenvalue weighted by molar-refractivity contribution is 4.81. The van der Waals surface area contributed by atoms with Crippen molar-refractivity contribution < 1.29 is 9.72 Å². The van der Waals surface area contributed by atoms with Crippen LogP contribution in [0.4, 0.5) is 0 Å². The quantitative estimate of drug-likeness (QED) is 0.392. The summed E-state index contributed by atoms with van der Waals surface area (Å²) in [6, 6.07) is -0.285. The maximum Gasteiger partial charge on any atom is 0.232 e. The second-order valence-corrected chi connectivity index (χ2v) is 9.39. The lowest BCUT2D eigenvalue weighted by Gasteiger charge is -2.36. The van der Waals surface area contributed by atoms with Crippen molar-refractivity contribution in [1.82, 2.24) is 0 Å². The van der Waals surface area contributed by atoms with Gasteiger partial charge in [-0.05, 0) is 49.4 Å². The van der Waals surface area contributed by atoms with Crippen LogP contribution in [0.15, 0.2) is 0 Å². The molecule has 2 saturated carbocycles. The molecule has 24 heavy (non-hydrogen) atoms. The second kappa shape index (κ2) is 8.05. The average molecular weight is 339 g/mol. The number of hydrogen-bond acceptors (Lipinski definition) is 2. The predicted molar refractivity (Wildman–Crippen MR) is 97.5 cm³/mol. The molecule has 0 aliphatic heterocycles. The molecule has 0 aromatic carbocycles. The van der Waals surface area contributed by atoms with Gasteiger partial charge >= 0.3 is 0 Å². The standard InChI is InChI=1S/C20H38N2O2/c1-13(2)17-9-7-15(5)11-19(17)21(23)22(24)20-12-16(6)8-10-18(20)14(3)4/h13-20H,7-12H2,1-6H3/b22-21+. The van der Waals surface area contributed by atoms with E-state index in [4.69, 9.17) is 0 Å². The van der Waals surface area contributed by atoms with Crippen molar-refractivity contribution in [2.45, 2.75) is 92.2 Å². The zero-order valence-electron chi connectivity index (χ0n) is 16.6. The van der Waals surface area contributed by atoms with Crippen LogP contribution in [0.1, 0.15) is 80.1 Å². The van der Waals surface area contributed by atoms with Crippen LogP contribution < -0.4 is 0 Å². The lowest BCUT2D eigenvalue weighted by Crippen LogP contribution is -2.47. The normalized spacial score (nSPS) is 39.2. The molecule has 2 aliphatic carbocycles. The molecule has 0 aromatic rings. The molecule has 0 aromatic heterocycles. The summed E-state index contributed by atoms with van der Waals surface area (Å²) in [7, 11) is 0. The molecule has 0 heterocycles. The minimum Gasteiger partial charge on any atom is -0.567 e. The number of hydrogen-bond donors (Lipinski definition) is 0. The van der Waals surface area contributed by atoms with Crippen molar-refractivity contribution in [3.05, 3.63) is 10.4 Å². The van der Waals surface area contributed by atoms with E-state index >= 15 is 0 Å². The van der Waals surface area contributed by atoms with Crippen LogP contribution in [0.2, 0.25) is 0 Å². The molecule has 0 spiro atoms. The first-order chi connectivity index (χ1) is 11.2. The van der Waals surface area contributed by atoms with Crippen LogP contribution in [-0.4, -0.2) is 21.8 Å². The highest BCUT2D eigenvalue weighted by atomic mass is 16.6. The third-order valence-electron chi connectivity index (χ3n) is 6.74. The molecule has 0 saturated heterocycles. The Bertz CT molecular complexity index is 407. The molecule has 4 heteroatoms. The van der Waals surface area contributed by atoms with E-state index in [1.165, 1.54) is 12.8 Å². The zero-order valence-corrected chi connectivity index (χ0v) is 16.6. The van der Waals surface area contributed by atoms with Crippen LogP contribution >= 0.6 is 0 Å². The van der Waals surface area contributed by atoms with E-state index in [-0.39, 0.29) is 12.1 Å². The Kier molecular flexibility index (Phi) is 6.55. The fraction of sp³-hybridized carbons (Fsp3) is 1.00. The topological polar surface area (TPSA) is 52.1 Å². The molecule has 2 rings (SSSR count). The molecule has 6 unspecified atom stereocenters. The molecular weight excluding hydrogens is 300 g/mol. The van der Waals surface area contributed by atoms with E-state index in [9.17, 15) is 10.4 Å². The predicted octanol–water partition coefficient (Wildman–Crippen LogP) is 5.38. The van der Waals surface area contributed by atoms with Gasteiger partial charge in [-0.1, -0.05) is 41.5 Å². The maximum atomic E-state index is 13.1. The Hall–Kier alpha value is -0.800. The third kappa shape index (κ3) is 4.23. The molecular formula is C20H38N2O2. The largest absolute Gasteiger partial charge is 0.567 e. The summed E-state index contributed by atoms with van der Waals surface area (Å²) in [5, 5.41) is 26.1. The Balaban J connectivity index is 2.28. The molecule has 0 amide bonds. The van der Waals surface area contributed by atoms with Gasteiger partial charge in [0.05, 0.1) is 0 Å². The van der Waals surface area contributed by atoms with Crippen molar-refractivity contribution in [3.63, 3.8) is 0 Å². The summed E-state index contributed by atoms with van der Waals surface area (Å²) < 4.78 is 0. The van der Waals surface area contributed by atoms with E-state index < -0.39 is 0 Å². The summed E-state index contributed by atoms with van der Waals surface area (Å²) in [6.45, 7) is 13.2. The van der Waals surface area contributed by atoms with Crippen LogP contribution in [-0.2, 0) is 0 Å². The van der Waals surface area contributed by atoms with Crippen molar-refractivity contribution in [2.75, 3.05) is 0 Å². The average Bonchev–Trinajstić information content (AvgIpc) is 2.52. The van der Waals surface area contributed by atoms with Gasteiger partial charge in [0.15, 0.2) is 0 Å². The van der Waals surface area contributed by atoms with Crippen molar-refractivity contribution in [2.24, 2.45) is 35.5 Å². The van der Waals surface area contributed by atoms with Gasteiger partial charge in [0.1, 0.15) is 0 Å². The van der Waals surface area contributed by atoms with Gasteiger partial charge in [0.2, 0.25) is 12.1 Å². The maximum absolute atomic E-state index is 13.1. The molecule has 6 atom stereocenters. The van der Waals surface area contributed by atoms with Crippen molar-refractivity contribution in [3.8, 4) is 0 Å². The SMILES string of the molecule is CC1CCC(C(C)C)C(/[N+]([O-])=[N+](\[O-])C2CC(C)CCC2C(C)C)C1. The molecule has 0 N–H and O–H groups in total. The Labute approximate surface area is 148 Å². The van der Waals surface area contributed by atoms with Crippen LogP contribution in [0.3, 0.4) is 0 Å². The summed E-state index contributed by atoms with van der Waals surface area (Å²) in [5.74, 6) is 2.68. The zero-order chi connectivity index (χ0) is 18.0. The molecule has 2 fully saturated rings. The first-order valence-electron chi connectivity index (χ1n) is 10.1. The van der Waals surface area contributed by atoms with Gasteiger partial charge in [-0.2, -0.15) is 0 Å². The highest BCUT2D eigenvalue weighted by Crippen LogP contribution is 2.38. The highest BCUT2D eigenvalue weighted by Gasteiger charge is 2.44. The van der Waals surface area contributed by atoms with Crippen LogP contribution in [0, 0.1) is 45.9 Å². The lowest BCUT2D eigenvalue weighted by atomic mass is 9.73. The smallest absolute Gasteiger partial charge is 0.232 e. The Morgan fingerprint density at radius 1 is 0.667 bits per heavy atom. The van der Waals surface area contributed by atoms with E-state index in [1.807, 2.05) is 0 Å². The number of rotatable bonds is 4. The van der Waals surface area contributed by atoms with Crippen LogP contribution in [0.5, 0.6) is 0 Å². The van der Waals surface area contributed by atoms with Gasteiger partial charge in [0, 0.05) is 34.4 Å². The summed E-state index contributed by atoms with van der Waals surface area (Å²) in [6.07, 6.45) is 6.23. The fourth-order valence-electron chi connectivity index (χ4n) is 5.10. The second-order valence-electron chi connectivity index (χ2n) is 9.39. The summed E-state index contributed by atoms with van der Waals surface area (Å²) >= 11 is 0. The first kappa shape index (κ1) is 19.5. The number of hydroxylamine groups is 2. The molecule has 140 valence electrons. The monoisotopic (exact) mass is 338 g/mol. The van der Waals surface area contributed by atoms with Gasteiger partial charge in [0.25, 0.3) is 0 Å². The van der Waals surface area contributed by atoms with E-state index in [0.717, 1.165) is 35.4 Å². The van der Waals surface area contributed by atoms with Gasteiger partial charge < -0.3 is 10.4 Å². The number of nitrogens with zero attached hydrogens (tertiary/aromatic N) is 2. The molecule has 0 radical (unpaired) electrons. The van der Waals surface area contributed by atoms with Gasteiger partial charge in [-0.3, -0.25) is 0 Å². The molecule has 4 nitrogen and oxygen atoms in total. The minimum atomic E-state index is -0.142. The molecule has 0 bridgehead atoms. The lowest BCUT2D eigenvalue weighted by molar-refractivity contribution is -1.00. The first-order valence-corrected chi connectivity index (χ1v) is 10.1. The van der Waals surface area contributed by atoms with E-state index in [1.54, 1.807) is 0 Å². The van der Waals surface area contributed by atoms with Crippen molar-refractivity contribution in [1.29, 1.82) is 0 Å². The molecule has 2 aliphatic rings. The fourth-order valence-corrected chi connectivity index (χ4v) is 5.10. The summed E-state index contributed by atoms with van der Waals surface area (Å²) in [5.41, 5.74) is 0. The van der Waals surface area contributed by atoms with Crippen LogP contribution in [0.25, 0.3) is 0 Å². The minimum absolute atomic E-state index is 0.142. The third-order valence-corrected chi connectivity index (χ3v) is 6.74. The Morgan fingerprint density at radius 3 is 1.29 bits per heavy atom. The van der Waals surface area contributed by atoms with Gasteiger partial charge in [-0.15, -0.1) is 0 Å².